The van der Waals surface area contributed by atoms with Gasteiger partial charge in [-0.25, -0.2) is 0 Å². The van der Waals surface area contributed by atoms with Gasteiger partial charge in [-0.1, -0.05) is 24.3 Å². The topological polar surface area (TPSA) is 62.3 Å². The summed E-state index contributed by atoms with van der Waals surface area (Å²) in [5.41, 5.74) is 1.90. The summed E-state index contributed by atoms with van der Waals surface area (Å²) >= 11 is 0. The van der Waals surface area contributed by atoms with E-state index < -0.39 is 0 Å². The fraction of sp³-hybridized carbons (Fsp3) is 0.381. The van der Waals surface area contributed by atoms with Crippen LogP contribution in [0.2, 0.25) is 0 Å². The molecule has 1 aromatic carbocycles. The lowest BCUT2D eigenvalue weighted by molar-refractivity contribution is -0.126. The highest BCUT2D eigenvalue weighted by Crippen LogP contribution is 2.19. The Labute approximate surface area is 154 Å². The fourth-order valence-corrected chi connectivity index (χ4v) is 3.30. The summed E-state index contributed by atoms with van der Waals surface area (Å²) in [4.78, 5) is 30.7. The van der Waals surface area contributed by atoms with Crippen LogP contribution in [0.4, 0.5) is 0 Å². The first kappa shape index (κ1) is 18.1. The van der Waals surface area contributed by atoms with Crippen molar-refractivity contribution < 1.29 is 9.59 Å². The Kier molecular flexibility index (Phi) is 6.36. The fourth-order valence-electron chi connectivity index (χ4n) is 3.30. The maximum atomic E-state index is 12.4. The molecule has 0 aliphatic carbocycles. The van der Waals surface area contributed by atoms with Crippen LogP contribution in [0.1, 0.15) is 35.2 Å². The number of likely N-dealkylation sites (tertiary alicyclic amines) is 1. The molecule has 5 heteroatoms. The normalized spacial score (nSPS) is 14.8. The van der Waals surface area contributed by atoms with E-state index in [1.807, 2.05) is 53.6 Å². The lowest BCUT2D eigenvalue weighted by atomic mass is 9.95. The third-order valence-corrected chi connectivity index (χ3v) is 4.84. The van der Waals surface area contributed by atoms with Crippen molar-refractivity contribution in [3.8, 4) is 0 Å². The molecular weight excluding hydrogens is 326 g/mol. The second kappa shape index (κ2) is 9.13. The Morgan fingerprint density at radius 3 is 2.54 bits per heavy atom. The molecule has 0 radical (unpaired) electrons. The maximum absolute atomic E-state index is 12.4. The Bertz CT molecular complexity index is 711. The Morgan fingerprint density at radius 2 is 1.85 bits per heavy atom. The first-order chi connectivity index (χ1) is 12.7. The van der Waals surface area contributed by atoms with Gasteiger partial charge in [-0.3, -0.25) is 14.6 Å². The first-order valence-electron chi connectivity index (χ1n) is 9.25. The monoisotopic (exact) mass is 351 g/mol. The third-order valence-electron chi connectivity index (χ3n) is 4.84. The van der Waals surface area contributed by atoms with E-state index in [0.29, 0.717) is 25.2 Å². The van der Waals surface area contributed by atoms with E-state index in [9.17, 15) is 9.59 Å². The van der Waals surface area contributed by atoms with Crippen LogP contribution in [-0.4, -0.2) is 41.3 Å². The number of pyridine rings is 1. The van der Waals surface area contributed by atoms with E-state index in [1.165, 1.54) is 5.56 Å². The molecule has 2 aromatic rings. The Morgan fingerprint density at radius 1 is 1.08 bits per heavy atom. The van der Waals surface area contributed by atoms with Gasteiger partial charge in [-0.2, -0.15) is 0 Å². The van der Waals surface area contributed by atoms with E-state index in [1.54, 1.807) is 6.20 Å². The molecule has 0 saturated carbocycles. The summed E-state index contributed by atoms with van der Waals surface area (Å²) in [7, 11) is 0. The van der Waals surface area contributed by atoms with Gasteiger partial charge < -0.3 is 10.2 Å². The molecule has 1 N–H and O–H groups in total. The molecular formula is C21H25N3O2. The molecule has 2 heterocycles. The number of carbonyl (C=O) groups excluding carboxylic acids is 2. The molecule has 1 fully saturated rings. The average Bonchev–Trinajstić information content (AvgIpc) is 2.72. The molecule has 3 rings (SSSR count). The van der Waals surface area contributed by atoms with Gasteiger partial charge in [0.2, 0.25) is 5.91 Å². The number of amides is 2. The molecule has 0 atom stereocenters. The molecule has 1 aromatic heterocycles. The van der Waals surface area contributed by atoms with Crippen LogP contribution in [0.15, 0.2) is 54.9 Å². The van der Waals surface area contributed by atoms with E-state index in [0.717, 1.165) is 25.7 Å². The number of rotatable bonds is 6. The van der Waals surface area contributed by atoms with E-state index in [-0.39, 0.29) is 17.7 Å². The van der Waals surface area contributed by atoms with E-state index in [4.69, 9.17) is 0 Å². The van der Waals surface area contributed by atoms with Gasteiger partial charge in [-0.05, 0) is 49.4 Å². The number of benzene rings is 1. The third kappa shape index (κ3) is 4.91. The molecule has 1 aliphatic rings. The standard InChI is InChI=1S/C21H25N3O2/c25-20(23-13-5-7-17-6-4-12-22-16-17)18-10-14-24(15-11-18)21(26)19-8-2-1-3-9-19/h1-4,6,8-9,12,16,18H,5,7,10-11,13-15H2,(H,23,25). The maximum Gasteiger partial charge on any atom is 0.253 e. The number of hydrogen-bond acceptors (Lipinski definition) is 3. The van der Waals surface area contributed by atoms with Crippen LogP contribution in [0.5, 0.6) is 0 Å². The zero-order valence-corrected chi connectivity index (χ0v) is 14.9. The smallest absolute Gasteiger partial charge is 0.253 e. The second-order valence-electron chi connectivity index (χ2n) is 6.69. The molecule has 0 unspecified atom stereocenters. The van der Waals surface area contributed by atoms with Gasteiger partial charge in [0, 0.05) is 43.5 Å². The molecule has 26 heavy (non-hydrogen) atoms. The zero-order valence-electron chi connectivity index (χ0n) is 14.9. The SMILES string of the molecule is O=C(NCCCc1cccnc1)C1CCN(C(=O)c2ccccc2)CC1. The van der Waals surface area contributed by atoms with Gasteiger partial charge in [0.15, 0.2) is 0 Å². The van der Waals surface area contributed by atoms with Crippen LogP contribution in [-0.2, 0) is 11.2 Å². The predicted molar refractivity (Wildman–Crippen MR) is 101 cm³/mol. The van der Waals surface area contributed by atoms with Crippen molar-refractivity contribution in [1.82, 2.24) is 15.2 Å². The number of hydrogen-bond donors (Lipinski definition) is 1. The largest absolute Gasteiger partial charge is 0.356 e. The Balaban J connectivity index is 1.37. The van der Waals surface area contributed by atoms with Crippen LogP contribution >= 0.6 is 0 Å². The predicted octanol–water partition coefficient (Wildman–Crippen LogP) is 2.68. The van der Waals surface area contributed by atoms with Crippen LogP contribution in [0.3, 0.4) is 0 Å². The number of nitrogens with zero attached hydrogens (tertiary/aromatic N) is 2. The van der Waals surface area contributed by atoms with Gasteiger partial charge in [0.25, 0.3) is 5.91 Å². The number of carbonyl (C=O) groups is 2. The summed E-state index contributed by atoms with van der Waals surface area (Å²) in [6.45, 7) is 1.96. The summed E-state index contributed by atoms with van der Waals surface area (Å²) in [5.74, 6) is 0.178. The number of nitrogens with one attached hydrogen (secondary N) is 1. The molecule has 5 nitrogen and oxygen atoms in total. The molecule has 1 saturated heterocycles. The van der Waals surface area contributed by atoms with Crippen molar-refractivity contribution in [1.29, 1.82) is 0 Å². The van der Waals surface area contributed by atoms with E-state index >= 15 is 0 Å². The van der Waals surface area contributed by atoms with Gasteiger partial charge in [0.05, 0.1) is 0 Å². The highest BCUT2D eigenvalue weighted by atomic mass is 16.2. The van der Waals surface area contributed by atoms with Crippen LogP contribution in [0, 0.1) is 5.92 Å². The van der Waals surface area contributed by atoms with Crippen molar-refractivity contribution in [3.05, 3.63) is 66.0 Å². The minimum Gasteiger partial charge on any atom is -0.356 e. The van der Waals surface area contributed by atoms with Crippen molar-refractivity contribution in [2.75, 3.05) is 19.6 Å². The van der Waals surface area contributed by atoms with Crippen molar-refractivity contribution in [3.63, 3.8) is 0 Å². The Hall–Kier alpha value is -2.69. The van der Waals surface area contributed by atoms with Gasteiger partial charge in [-0.15, -0.1) is 0 Å². The number of piperidine rings is 1. The summed E-state index contributed by atoms with van der Waals surface area (Å²) in [6, 6.07) is 13.3. The lowest BCUT2D eigenvalue weighted by Gasteiger charge is -2.31. The number of aryl methyl sites for hydroxylation is 1. The quantitative estimate of drug-likeness (QED) is 0.814. The minimum absolute atomic E-state index is 0.00761. The van der Waals surface area contributed by atoms with Gasteiger partial charge >= 0.3 is 0 Å². The van der Waals surface area contributed by atoms with Crippen LogP contribution < -0.4 is 5.32 Å². The molecule has 1 aliphatic heterocycles. The number of aromatic nitrogens is 1. The van der Waals surface area contributed by atoms with Crippen molar-refractivity contribution in [2.24, 2.45) is 5.92 Å². The van der Waals surface area contributed by atoms with Crippen LogP contribution in [0.25, 0.3) is 0 Å². The summed E-state index contributed by atoms with van der Waals surface area (Å²) in [5, 5.41) is 3.04. The van der Waals surface area contributed by atoms with Crippen molar-refractivity contribution >= 4 is 11.8 Å². The summed E-state index contributed by atoms with van der Waals surface area (Å²) in [6.07, 6.45) is 6.91. The highest BCUT2D eigenvalue weighted by Gasteiger charge is 2.27. The summed E-state index contributed by atoms with van der Waals surface area (Å²) < 4.78 is 0. The molecule has 2 amide bonds. The minimum atomic E-state index is 0.00761. The van der Waals surface area contributed by atoms with Gasteiger partial charge in [0.1, 0.15) is 0 Å². The van der Waals surface area contributed by atoms with Crippen molar-refractivity contribution in [2.45, 2.75) is 25.7 Å². The average molecular weight is 351 g/mol. The second-order valence-corrected chi connectivity index (χ2v) is 6.69. The lowest BCUT2D eigenvalue weighted by Crippen LogP contribution is -2.43. The zero-order chi connectivity index (χ0) is 18.2. The molecule has 0 spiro atoms. The highest BCUT2D eigenvalue weighted by molar-refractivity contribution is 5.94. The first-order valence-corrected chi connectivity index (χ1v) is 9.25. The molecule has 0 bridgehead atoms. The molecule has 136 valence electrons. The van der Waals surface area contributed by atoms with E-state index in [2.05, 4.69) is 10.3 Å².